The van der Waals surface area contributed by atoms with E-state index in [-0.39, 0.29) is 23.1 Å². The van der Waals surface area contributed by atoms with Crippen LogP contribution in [0.25, 0.3) is 11.1 Å². The van der Waals surface area contributed by atoms with Gasteiger partial charge >= 0.3 is 6.01 Å². The minimum absolute atomic E-state index is 0.0323. The van der Waals surface area contributed by atoms with Gasteiger partial charge in [0.2, 0.25) is 5.91 Å². The van der Waals surface area contributed by atoms with E-state index in [1.807, 2.05) is 0 Å². The number of benzene rings is 2. The number of sulfone groups is 1. The zero-order chi connectivity index (χ0) is 22.0. The first-order valence-corrected chi connectivity index (χ1v) is 11.2. The van der Waals surface area contributed by atoms with Gasteiger partial charge in [-0.05, 0) is 41.8 Å². The molecule has 9 heteroatoms. The van der Waals surface area contributed by atoms with Crippen LogP contribution in [0.1, 0.15) is 17.0 Å². The van der Waals surface area contributed by atoms with Gasteiger partial charge in [0, 0.05) is 18.5 Å². The Morgan fingerprint density at radius 3 is 2.45 bits per heavy atom. The molecule has 31 heavy (non-hydrogen) atoms. The molecule has 2 aromatic heterocycles. The smallest absolute Gasteiger partial charge is 0.302 e. The van der Waals surface area contributed by atoms with Crippen LogP contribution in [0.3, 0.4) is 0 Å². The number of halogens is 1. The van der Waals surface area contributed by atoms with Crippen LogP contribution in [-0.4, -0.2) is 30.5 Å². The van der Waals surface area contributed by atoms with Crippen LogP contribution in [-0.2, 0) is 21.1 Å². The van der Waals surface area contributed by atoms with Crippen LogP contribution in [0.15, 0.2) is 76.3 Å². The monoisotopic (exact) mass is 439 g/mol. The molecule has 0 spiro atoms. The molecule has 4 rings (SSSR count). The van der Waals surface area contributed by atoms with Crippen molar-refractivity contribution in [2.24, 2.45) is 0 Å². The number of aromatic nitrogens is 2. The predicted octanol–water partition coefficient (Wildman–Crippen LogP) is 3.73. The molecule has 0 saturated carbocycles. The summed E-state index contributed by atoms with van der Waals surface area (Å²) >= 11 is 0. The van der Waals surface area contributed by atoms with E-state index in [0.717, 1.165) is 11.8 Å². The maximum absolute atomic E-state index is 13.3. The van der Waals surface area contributed by atoms with Gasteiger partial charge in [-0.3, -0.25) is 15.1 Å². The summed E-state index contributed by atoms with van der Waals surface area (Å²) in [6, 6.07) is 13.6. The van der Waals surface area contributed by atoms with E-state index < -0.39 is 21.7 Å². The molecule has 0 fully saturated rings. The van der Waals surface area contributed by atoms with Crippen LogP contribution in [0.5, 0.6) is 0 Å². The highest BCUT2D eigenvalue weighted by Crippen LogP contribution is 2.26. The Bertz CT molecular complexity index is 1300. The van der Waals surface area contributed by atoms with Crippen molar-refractivity contribution in [3.05, 3.63) is 83.9 Å². The van der Waals surface area contributed by atoms with Crippen molar-refractivity contribution < 1.29 is 22.0 Å². The van der Waals surface area contributed by atoms with Crippen molar-refractivity contribution in [3.63, 3.8) is 0 Å². The van der Waals surface area contributed by atoms with E-state index in [4.69, 9.17) is 4.42 Å². The lowest BCUT2D eigenvalue weighted by Crippen LogP contribution is -2.23. The van der Waals surface area contributed by atoms with Gasteiger partial charge in [0.15, 0.2) is 15.4 Å². The Morgan fingerprint density at radius 2 is 1.81 bits per heavy atom. The van der Waals surface area contributed by atoms with Crippen molar-refractivity contribution in [2.45, 2.75) is 17.2 Å². The number of fused-ring (bicyclic) bond motifs is 1. The van der Waals surface area contributed by atoms with E-state index >= 15 is 0 Å². The standard InChI is InChI=1S/C22H18FN3O4S/c1-31(28,29)17-8-4-15(5-9-17)18(12-14-2-6-16(23)7-3-14)21(27)26-22-25-19-13-24-11-10-20(19)30-22/h2-11,13,18H,12H2,1H3,(H,25,26,27). The molecule has 1 amide bonds. The average molecular weight is 439 g/mol. The van der Waals surface area contributed by atoms with Crippen molar-refractivity contribution in [2.75, 3.05) is 11.6 Å². The molecule has 0 bridgehead atoms. The fourth-order valence-electron chi connectivity index (χ4n) is 3.19. The summed E-state index contributed by atoms with van der Waals surface area (Å²) in [6.07, 6.45) is 4.47. The number of amides is 1. The molecule has 1 atom stereocenters. The lowest BCUT2D eigenvalue weighted by molar-refractivity contribution is -0.117. The second-order valence-electron chi connectivity index (χ2n) is 7.08. The largest absolute Gasteiger partial charge is 0.423 e. The normalized spacial score (nSPS) is 12.6. The first-order valence-electron chi connectivity index (χ1n) is 9.35. The maximum atomic E-state index is 13.3. The second kappa shape index (κ2) is 8.27. The molecule has 2 aromatic carbocycles. The van der Waals surface area contributed by atoms with Gasteiger partial charge < -0.3 is 4.42 Å². The Morgan fingerprint density at radius 1 is 1.10 bits per heavy atom. The molecule has 158 valence electrons. The molecule has 0 aliphatic rings. The summed E-state index contributed by atoms with van der Waals surface area (Å²) < 4.78 is 42.3. The highest BCUT2D eigenvalue weighted by Gasteiger charge is 2.24. The van der Waals surface area contributed by atoms with E-state index in [1.165, 1.54) is 30.5 Å². The number of oxazole rings is 1. The van der Waals surface area contributed by atoms with Crippen LogP contribution in [0.2, 0.25) is 0 Å². The molecule has 1 unspecified atom stereocenters. The van der Waals surface area contributed by atoms with E-state index in [1.54, 1.807) is 36.5 Å². The lowest BCUT2D eigenvalue weighted by atomic mass is 9.91. The van der Waals surface area contributed by atoms with Crippen molar-refractivity contribution in [3.8, 4) is 0 Å². The number of pyridine rings is 1. The quantitative estimate of drug-likeness (QED) is 0.491. The summed E-state index contributed by atoms with van der Waals surface area (Å²) in [6.45, 7) is 0. The zero-order valence-corrected chi connectivity index (χ0v) is 17.3. The Kier molecular flexibility index (Phi) is 5.51. The molecule has 0 radical (unpaired) electrons. The Hall–Kier alpha value is -3.59. The number of rotatable bonds is 6. The number of hydrogen-bond donors (Lipinski definition) is 1. The fraction of sp³-hybridized carbons (Fsp3) is 0.136. The predicted molar refractivity (Wildman–Crippen MR) is 113 cm³/mol. The third kappa shape index (κ3) is 4.77. The SMILES string of the molecule is CS(=O)(=O)c1ccc(C(Cc2ccc(F)cc2)C(=O)Nc2nc3cnccc3o2)cc1. The van der Waals surface area contributed by atoms with Gasteiger partial charge in [-0.25, -0.2) is 12.8 Å². The Balaban J connectivity index is 1.64. The highest BCUT2D eigenvalue weighted by molar-refractivity contribution is 7.90. The molecule has 0 aliphatic heterocycles. The zero-order valence-electron chi connectivity index (χ0n) is 16.4. The van der Waals surface area contributed by atoms with Crippen LogP contribution < -0.4 is 5.32 Å². The van der Waals surface area contributed by atoms with Crippen molar-refractivity contribution in [1.29, 1.82) is 0 Å². The molecule has 4 aromatic rings. The van der Waals surface area contributed by atoms with Crippen LogP contribution >= 0.6 is 0 Å². The summed E-state index contributed by atoms with van der Waals surface area (Å²) in [5, 5.41) is 2.67. The number of anilines is 1. The van der Waals surface area contributed by atoms with E-state index in [0.29, 0.717) is 16.7 Å². The fourth-order valence-corrected chi connectivity index (χ4v) is 3.82. The number of nitrogens with one attached hydrogen (secondary N) is 1. The van der Waals surface area contributed by atoms with Crippen molar-refractivity contribution >= 4 is 32.9 Å². The molecular formula is C22H18FN3O4S. The third-order valence-corrected chi connectivity index (χ3v) is 5.93. The van der Waals surface area contributed by atoms with E-state index in [2.05, 4.69) is 15.3 Å². The molecule has 0 saturated heterocycles. The molecule has 2 heterocycles. The summed E-state index contributed by atoms with van der Waals surface area (Å²) in [5.74, 6) is -1.45. The summed E-state index contributed by atoms with van der Waals surface area (Å²) in [5.41, 5.74) is 2.34. The van der Waals surface area contributed by atoms with Gasteiger partial charge in [-0.1, -0.05) is 24.3 Å². The third-order valence-electron chi connectivity index (χ3n) is 4.80. The van der Waals surface area contributed by atoms with Gasteiger partial charge in [-0.2, -0.15) is 4.98 Å². The minimum Gasteiger partial charge on any atom is -0.423 e. The number of carbonyl (C=O) groups is 1. The van der Waals surface area contributed by atoms with Crippen LogP contribution in [0.4, 0.5) is 10.4 Å². The second-order valence-corrected chi connectivity index (χ2v) is 9.09. The highest BCUT2D eigenvalue weighted by atomic mass is 32.2. The summed E-state index contributed by atoms with van der Waals surface area (Å²) in [4.78, 5) is 21.4. The molecule has 7 nitrogen and oxygen atoms in total. The average Bonchev–Trinajstić information content (AvgIpc) is 3.15. The van der Waals surface area contributed by atoms with Crippen LogP contribution in [0, 0.1) is 5.82 Å². The number of nitrogens with zero attached hydrogens (tertiary/aromatic N) is 2. The Labute approximate surface area is 177 Å². The molecule has 0 aliphatic carbocycles. The number of hydrogen-bond acceptors (Lipinski definition) is 6. The summed E-state index contributed by atoms with van der Waals surface area (Å²) in [7, 11) is -3.37. The molecular weight excluding hydrogens is 421 g/mol. The van der Waals surface area contributed by atoms with E-state index in [9.17, 15) is 17.6 Å². The minimum atomic E-state index is -3.37. The topological polar surface area (TPSA) is 102 Å². The van der Waals surface area contributed by atoms with Crippen molar-refractivity contribution in [1.82, 2.24) is 9.97 Å². The van der Waals surface area contributed by atoms with Gasteiger partial charge in [0.1, 0.15) is 11.3 Å². The van der Waals surface area contributed by atoms with Gasteiger partial charge in [0.05, 0.1) is 17.0 Å². The first-order chi connectivity index (χ1) is 14.8. The lowest BCUT2D eigenvalue weighted by Gasteiger charge is -2.17. The van der Waals surface area contributed by atoms with Gasteiger partial charge in [0.25, 0.3) is 0 Å². The van der Waals surface area contributed by atoms with Gasteiger partial charge in [-0.15, -0.1) is 0 Å². The molecule has 1 N–H and O–H groups in total. The first kappa shape index (κ1) is 20.7. The number of carbonyl (C=O) groups excluding carboxylic acids is 1. The maximum Gasteiger partial charge on any atom is 0.302 e.